The molecule has 16 nitrogen and oxygen atoms in total. The lowest BCUT2D eigenvalue weighted by Crippen LogP contribution is -2.49. The number of carbonyl (C=O) groups excluding carboxylic acids is 2. The van der Waals surface area contributed by atoms with Gasteiger partial charge in [0.05, 0.1) is 52.8 Å². The van der Waals surface area contributed by atoms with Gasteiger partial charge in [0.2, 0.25) is 23.5 Å². The molecule has 4 saturated heterocycles. The molecule has 2 bridgehead atoms. The summed E-state index contributed by atoms with van der Waals surface area (Å²) in [6, 6.07) is 10.6. The van der Waals surface area contributed by atoms with Crippen molar-refractivity contribution in [3.8, 4) is 5.75 Å². The van der Waals surface area contributed by atoms with Gasteiger partial charge in [-0.15, -0.1) is 0 Å². The van der Waals surface area contributed by atoms with Crippen LogP contribution in [0.4, 0.5) is 37.6 Å². The first-order valence-electron chi connectivity index (χ1n) is 21.8. The Hall–Kier alpha value is -5.59. The number of imide groups is 1. The van der Waals surface area contributed by atoms with Crippen LogP contribution in [-0.2, 0) is 28.4 Å². The number of hydrogen-bond acceptors (Lipinski definition) is 13. The molecule has 4 unspecified atom stereocenters. The number of fused-ring (bicyclic) bond motifs is 6. The molecule has 2 amide bonds. The van der Waals surface area contributed by atoms with E-state index in [-0.39, 0.29) is 41.4 Å². The number of benzene rings is 2. The minimum atomic E-state index is -3.14. The standard InChI is InChI=1S/C44H48ClF2N11O5/c1-54-32-9-5-25(16-30(32)37-38(42(54)61)62-22-44(46,47)39(51-37)23-3-4-23)49-40-31(45)18-48-43(52-40)58-20-27-15-24(34(21-58)63-27)19-56-11-13-57(14-12-56)26-6-7-28-33(17-26)55(2)53-36(28)29-8-10-35(59)50-41(29)60/h5-7,9,16-18,23-24,27,29,34,39,51H,3-4,8,10-15,19-22H2,1-2H3,(H,48,49,52)(H,50,59,60)/t24?,27?,29?,34?,39-/m0/s1. The lowest BCUT2D eigenvalue weighted by atomic mass is 9.93. The monoisotopic (exact) mass is 883 g/mol. The van der Waals surface area contributed by atoms with Gasteiger partial charge < -0.3 is 34.5 Å². The van der Waals surface area contributed by atoms with E-state index in [0.29, 0.717) is 78.1 Å². The van der Waals surface area contributed by atoms with Gasteiger partial charge in [0.15, 0.2) is 12.4 Å². The first-order valence-corrected chi connectivity index (χ1v) is 22.2. The van der Waals surface area contributed by atoms with E-state index < -0.39 is 30.0 Å². The number of nitrogens with zero attached hydrogens (tertiary/aromatic N) is 8. The molecule has 8 heterocycles. The molecular formula is C44H48ClF2N11O5. The number of hydrogen-bond donors (Lipinski definition) is 3. The predicted octanol–water partition coefficient (Wildman–Crippen LogP) is 4.77. The van der Waals surface area contributed by atoms with Crippen LogP contribution in [-0.4, -0.2) is 118 Å². The summed E-state index contributed by atoms with van der Waals surface area (Å²) < 4.78 is 45.7. The average Bonchev–Trinajstić information content (AvgIpc) is 4.02. The molecule has 5 aliphatic heterocycles. The Kier molecular flexibility index (Phi) is 9.76. The van der Waals surface area contributed by atoms with Crippen LogP contribution in [0.1, 0.15) is 43.7 Å². The second-order valence-electron chi connectivity index (χ2n) is 18.0. The summed E-state index contributed by atoms with van der Waals surface area (Å²) in [5.41, 5.74) is 3.77. The van der Waals surface area contributed by atoms with Gasteiger partial charge >= 0.3 is 5.92 Å². The average molecular weight is 884 g/mol. The molecule has 11 rings (SSSR count). The number of aromatic nitrogens is 5. The highest BCUT2D eigenvalue weighted by atomic mass is 35.5. The second kappa shape index (κ2) is 15.3. The minimum Gasteiger partial charge on any atom is -0.480 e. The molecule has 3 N–H and O–H groups in total. The van der Waals surface area contributed by atoms with E-state index >= 15 is 8.78 Å². The number of piperazine rings is 1. The first-order chi connectivity index (χ1) is 30.4. The molecule has 0 spiro atoms. The number of anilines is 5. The third-order valence-electron chi connectivity index (χ3n) is 13.8. The second-order valence-corrected chi connectivity index (χ2v) is 18.4. The van der Waals surface area contributed by atoms with E-state index in [4.69, 9.17) is 31.2 Å². The number of carbonyl (C=O) groups is 2. The molecule has 5 aromatic rings. The zero-order valence-electron chi connectivity index (χ0n) is 35.0. The molecule has 6 aliphatic rings. The fourth-order valence-corrected chi connectivity index (χ4v) is 10.5. The quantitative estimate of drug-likeness (QED) is 0.183. The smallest absolute Gasteiger partial charge is 0.301 e. The van der Waals surface area contributed by atoms with Crippen LogP contribution >= 0.6 is 11.6 Å². The number of rotatable bonds is 8. The van der Waals surface area contributed by atoms with Crippen molar-refractivity contribution in [2.75, 3.05) is 72.9 Å². The molecular weight excluding hydrogens is 836 g/mol. The third kappa shape index (κ3) is 7.28. The van der Waals surface area contributed by atoms with Gasteiger partial charge in [-0.3, -0.25) is 29.3 Å². The topological polar surface area (TPSA) is 164 Å². The van der Waals surface area contributed by atoms with Crippen molar-refractivity contribution in [2.45, 2.75) is 62.2 Å². The first kappa shape index (κ1) is 40.2. The summed E-state index contributed by atoms with van der Waals surface area (Å²) >= 11 is 6.67. The molecule has 19 heteroatoms. The van der Waals surface area contributed by atoms with Crippen molar-refractivity contribution in [3.63, 3.8) is 0 Å². The predicted molar refractivity (Wildman–Crippen MR) is 234 cm³/mol. The number of amides is 2. The van der Waals surface area contributed by atoms with Crippen LogP contribution in [0.15, 0.2) is 47.4 Å². The molecule has 5 atom stereocenters. The molecule has 5 fully saturated rings. The van der Waals surface area contributed by atoms with Crippen molar-refractivity contribution in [3.05, 3.63) is 63.7 Å². The normalized spacial score (nSPS) is 26.0. The maximum Gasteiger partial charge on any atom is 0.301 e. The van der Waals surface area contributed by atoms with Gasteiger partial charge in [-0.2, -0.15) is 10.1 Å². The fraction of sp³-hybridized carbons (Fsp3) is 0.500. The highest BCUT2D eigenvalue weighted by Gasteiger charge is 2.51. The van der Waals surface area contributed by atoms with Gasteiger partial charge in [0.1, 0.15) is 5.02 Å². The van der Waals surface area contributed by atoms with Crippen LogP contribution < -0.4 is 36.0 Å². The van der Waals surface area contributed by atoms with Crippen LogP contribution in [0, 0.1) is 11.8 Å². The van der Waals surface area contributed by atoms with Crippen molar-refractivity contribution in [1.82, 2.24) is 34.5 Å². The highest BCUT2D eigenvalue weighted by Crippen LogP contribution is 2.46. The zero-order valence-corrected chi connectivity index (χ0v) is 35.7. The van der Waals surface area contributed by atoms with E-state index in [1.807, 2.05) is 11.7 Å². The number of pyridine rings is 1. The van der Waals surface area contributed by atoms with Crippen molar-refractivity contribution < 1.29 is 27.8 Å². The lowest BCUT2D eigenvalue weighted by molar-refractivity contribution is -0.134. The number of alkyl halides is 2. The number of nitrogens with one attached hydrogen (secondary N) is 3. The number of ether oxygens (including phenoxy) is 2. The van der Waals surface area contributed by atoms with E-state index in [1.54, 1.807) is 31.4 Å². The van der Waals surface area contributed by atoms with E-state index in [9.17, 15) is 14.4 Å². The van der Waals surface area contributed by atoms with Crippen LogP contribution in [0.2, 0.25) is 5.02 Å². The number of halogens is 3. The Bertz CT molecular complexity index is 2740. The Labute approximate surface area is 365 Å². The Balaban J connectivity index is 0.745. The van der Waals surface area contributed by atoms with Crippen LogP contribution in [0.5, 0.6) is 5.75 Å². The molecule has 3 aromatic heterocycles. The van der Waals surface area contributed by atoms with E-state index in [0.717, 1.165) is 61.4 Å². The summed E-state index contributed by atoms with van der Waals surface area (Å²) in [4.78, 5) is 54.2. The molecule has 330 valence electrons. The van der Waals surface area contributed by atoms with Gasteiger partial charge in [0, 0.05) is 94.4 Å². The van der Waals surface area contributed by atoms with Crippen molar-refractivity contribution in [1.29, 1.82) is 0 Å². The maximum absolute atomic E-state index is 15.2. The minimum absolute atomic E-state index is 0.0206. The van der Waals surface area contributed by atoms with Gasteiger partial charge in [-0.1, -0.05) is 11.6 Å². The summed E-state index contributed by atoms with van der Waals surface area (Å²) in [5, 5.41) is 15.4. The van der Waals surface area contributed by atoms with E-state index in [1.165, 1.54) is 4.57 Å². The molecule has 1 aliphatic carbocycles. The number of piperidine rings is 1. The molecule has 63 heavy (non-hydrogen) atoms. The third-order valence-corrected chi connectivity index (χ3v) is 14.1. The molecule has 0 radical (unpaired) electrons. The highest BCUT2D eigenvalue weighted by molar-refractivity contribution is 6.33. The summed E-state index contributed by atoms with van der Waals surface area (Å²) in [5.74, 6) is -3.10. The maximum atomic E-state index is 15.2. The SMILES string of the molecule is Cn1nc(C2CCC(=O)NC2=O)c2ccc(N3CCN(CC4CC5CN(c6ncc(Cl)c(Nc7ccc8c(c7)c7c(c(=O)n8C)OCC(F)(F)[C@H](C8CC8)N7)n6)CC4O5)CC3)cc21. The van der Waals surface area contributed by atoms with Gasteiger partial charge in [-0.05, 0) is 68.0 Å². The van der Waals surface area contributed by atoms with Crippen molar-refractivity contribution in [2.24, 2.45) is 25.9 Å². The van der Waals surface area contributed by atoms with E-state index in [2.05, 4.69) is 53.8 Å². The molecule has 2 aromatic carbocycles. The Morgan fingerprint density at radius 3 is 2.59 bits per heavy atom. The van der Waals surface area contributed by atoms with Crippen LogP contribution in [0.25, 0.3) is 21.8 Å². The summed E-state index contributed by atoms with van der Waals surface area (Å²) in [7, 11) is 3.50. The van der Waals surface area contributed by atoms with Crippen LogP contribution in [0.3, 0.4) is 0 Å². The summed E-state index contributed by atoms with van der Waals surface area (Å²) in [6.07, 6.45) is 4.77. The van der Waals surface area contributed by atoms with Gasteiger partial charge in [-0.25, -0.2) is 13.8 Å². The van der Waals surface area contributed by atoms with Crippen molar-refractivity contribution >= 4 is 74.0 Å². The Morgan fingerprint density at radius 1 is 0.968 bits per heavy atom. The largest absolute Gasteiger partial charge is 0.480 e. The Morgan fingerprint density at radius 2 is 1.79 bits per heavy atom. The summed E-state index contributed by atoms with van der Waals surface area (Å²) in [6.45, 7) is 4.96. The lowest BCUT2D eigenvalue weighted by Gasteiger charge is -2.38. The number of morpholine rings is 1. The van der Waals surface area contributed by atoms with Gasteiger partial charge in [0.25, 0.3) is 5.56 Å². The zero-order chi connectivity index (χ0) is 43.3. The molecule has 1 saturated carbocycles. The number of aryl methyl sites for hydroxylation is 2. The fourth-order valence-electron chi connectivity index (χ4n) is 10.3.